The third kappa shape index (κ3) is 4.01. The minimum Gasteiger partial charge on any atom is -0.494 e. The van der Waals surface area contributed by atoms with E-state index >= 15 is 0 Å². The molecule has 1 aliphatic heterocycles. The summed E-state index contributed by atoms with van der Waals surface area (Å²) in [5.41, 5.74) is 0.481. The molecule has 1 aliphatic rings. The van der Waals surface area contributed by atoms with Gasteiger partial charge in [-0.15, -0.1) is 0 Å². The monoisotopic (exact) mass is 292 g/mol. The number of rotatable bonds is 3. The third-order valence-corrected chi connectivity index (χ3v) is 3.05. The van der Waals surface area contributed by atoms with Crippen LogP contribution in [0.4, 0.5) is 10.5 Å². The van der Waals surface area contributed by atoms with Gasteiger partial charge < -0.3 is 20.1 Å². The Bertz CT molecular complexity index is 509. The van der Waals surface area contributed by atoms with E-state index in [4.69, 9.17) is 9.47 Å². The van der Waals surface area contributed by atoms with E-state index in [0.717, 1.165) is 19.4 Å². The predicted molar refractivity (Wildman–Crippen MR) is 81.2 cm³/mol. The number of carbonyl (C=O) groups excluding carboxylic acids is 1. The molecule has 7 nitrogen and oxygen atoms in total. The molecular formula is C14H20N4O3. The number of hydrogen-bond acceptors (Lipinski definition) is 5. The summed E-state index contributed by atoms with van der Waals surface area (Å²) >= 11 is 0. The van der Waals surface area contributed by atoms with Gasteiger partial charge in [-0.1, -0.05) is 6.07 Å². The molecule has 2 amide bonds. The second-order valence-corrected chi connectivity index (χ2v) is 4.48. The van der Waals surface area contributed by atoms with Gasteiger partial charge in [0.2, 0.25) is 0 Å². The van der Waals surface area contributed by atoms with Crippen LogP contribution in [0.2, 0.25) is 0 Å². The largest absolute Gasteiger partial charge is 0.494 e. The predicted octanol–water partition coefficient (Wildman–Crippen LogP) is 1.56. The summed E-state index contributed by atoms with van der Waals surface area (Å²) in [7, 11) is 3.07. The van der Waals surface area contributed by atoms with Crippen molar-refractivity contribution in [2.75, 3.05) is 32.6 Å². The maximum Gasteiger partial charge on any atom is 0.326 e. The van der Waals surface area contributed by atoms with Gasteiger partial charge in [0, 0.05) is 13.1 Å². The number of aliphatic imine (C=N–C) groups is 1. The zero-order valence-corrected chi connectivity index (χ0v) is 12.2. The van der Waals surface area contributed by atoms with E-state index in [1.165, 1.54) is 14.2 Å². The number of ether oxygens (including phenoxy) is 2. The van der Waals surface area contributed by atoms with E-state index in [0.29, 0.717) is 29.7 Å². The molecule has 2 rings (SSSR count). The normalized spacial score (nSPS) is 14.3. The molecule has 0 aromatic heterocycles. The van der Waals surface area contributed by atoms with Crippen molar-refractivity contribution >= 4 is 17.7 Å². The molecule has 114 valence electrons. The molecule has 0 fully saturated rings. The number of para-hydroxylation sites is 1. The van der Waals surface area contributed by atoms with Crippen LogP contribution in [-0.2, 0) is 0 Å². The highest BCUT2D eigenvalue weighted by Gasteiger charge is 2.14. The lowest BCUT2D eigenvalue weighted by atomic mass is 10.2. The van der Waals surface area contributed by atoms with E-state index in [2.05, 4.69) is 20.9 Å². The van der Waals surface area contributed by atoms with Gasteiger partial charge in [0.25, 0.3) is 0 Å². The van der Waals surface area contributed by atoms with E-state index in [1.807, 2.05) is 0 Å². The lowest BCUT2D eigenvalue weighted by molar-refractivity contribution is 0.255. The van der Waals surface area contributed by atoms with Gasteiger partial charge >= 0.3 is 6.03 Å². The zero-order chi connectivity index (χ0) is 15.1. The number of amides is 2. The number of guanidine groups is 1. The second kappa shape index (κ2) is 7.37. The minimum atomic E-state index is -0.397. The number of nitrogens with one attached hydrogen (secondary N) is 3. The van der Waals surface area contributed by atoms with Gasteiger partial charge in [0.15, 0.2) is 5.96 Å². The topological polar surface area (TPSA) is 84.0 Å². The van der Waals surface area contributed by atoms with Crippen LogP contribution in [0.15, 0.2) is 23.2 Å². The van der Waals surface area contributed by atoms with Crippen LogP contribution in [0.25, 0.3) is 0 Å². The van der Waals surface area contributed by atoms with Crippen molar-refractivity contribution in [3.05, 3.63) is 18.2 Å². The van der Waals surface area contributed by atoms with Gasteiger partial charge in [-0.2, -0.15) is 0 Å². The van der Waals surface area contributed by atoms with Crippen LogP contribution in [-0.4, -0.2) is 39.3 Å². The van der Waals surface area contributed by atoms with Gasteiger partial charge in [-0.3, -0.25) is 10.3 Å². The first-order valence-corrected chi connectivity index (χ1v) is 6.82. The van der Waals surface area contributed by atoms with Crippen molar-refractivity contribution in [2.45, 2.75) is 12.8 Å². The summed E-state index contributed by atoms with van der Waals surface area (Å²) in [6, 6.07) is 4.89. The van der Waals surface area contributed by atoms with Crippen molar-refractivity contribution in [3.63, 3.8) is 0 Å². The fourth-order valence-corrected chi connectivity index (χ4v) is 2.00. The standard InChI is InChI=1S/C14H20N4O3/c1-20-10-6-5-7-11(21-2)12(10)17-14(19)18-13-15-8-3-4-9-16-13/h5-7H,3-4,8-9H2,1-2H3,(H3,15,16,17,18,19). The zero-order valence-electron chi connectivity index (χ0n) is 12.2. The van der Waals surface area contributed by atoms with Crippen molar-refractivity contribution in [1.29, 1.82) is 0 Å². The quantitative estimate of drug-likeness (QED) is 0.789. The number of hydrogen-bond donors (Lipinski definition) is 3. The van der Waals surface area contributed by atoms with E-state index in [9.17, 15) is 4.79 Å². The summed E-state index contributed by atoms with van der Waals surface area (Å²) in [6.45, 7) is 1.51. The molecule has 1 aromatic carbocycles. The molecule has 0 aliphatic carbocycles. The average molecular weight is 292 g/mol. The lowest BCUT2D eigenvalue weighted by Gasteiger charge is -2.15. The first-order chi connectivity index (χ1) is 10.2. The van der Waals surface area contributed by atoms with Crippen LogP contribution in [0, 0.1) is 0 Å². The summed E-state index contributed by atoms with van der Waals surface area (Å²) in [5, 5.41) is 8.49. The SMILES string of the molecule is COc1cccc(OC)c1NC(=O)NC1=NCCCCN1. The Hall–Kier alpha value is -2.44. The molecule has 3 N–H and O–H groups in total. The number of carbonyl (C=O) groups is 1. The van der Waals surface area contributed by atoms with Gasteiger partial charge in [0.1, 0.15) is 17.2 Å². The van der Waals surface area contributed by atoms with Crippen molar-refractivity contribution in [3.8, 4) is 11.5 Å². The highest BCUT2D eigenvalue weighted by atomic mass is 16.5. The number of methoxy groups -OCH3 is 2. The first-order valence-electron chi connectivity index (χ1n) is 6.82. The molecule has 0 unspecified atom stereocenters. The molecule has 7 heteroatoms. The maximum atomic E-state index is 12.1. The van der Waals surface area contributed by atoms with E-state index < -0.39 is 6.03 Å². The van der Waals surface area contributed by atoms with E-state index in [1.54, 1.807) is 18.2 Å². The van der Waals surface area contributed by atoms with Crippen molar-refractivity contribution in [1.82, 2.24) is 10.6 Å². The lowest BCUT2D eigenvalue weighted by Crippen LogP contribution is -2.43. The molecule has 0 saturated carbocycles. The molecule has 0 saturated heterocycles. The Balaban J connectivity index is 2.07. The fraction of sp³-hybridized carbons (Fsp3) is 0.429. The Morgan fingerprint density at radius 3 is 2.57 bits per heavy atom. The summed E-state index contributed by atoms with van der Waals surface area (Å²) < 4.78 is 10.5. The Morgan fingerprint density at radius 1 is 1.19 bits per heavy atom. The van der Waals surface area contributed by atoms with Gasteiger partial charge in [-0.05, 0) is 25.0 Å². The molecule has 0 atom stereocenters. The molecule has 1 aromatic rings. The average Bonchev–Trinajstić information content (AvgIpc) is 2.76. The van der Waals surface area contributed by atoms with Gasteiger partial charge in [-0.25, -0.2) is 4.79 Å². The maximum absolute atomic E-state index is 12.1. The second-order valence-electron chi connectivity index (χ2n) is 4.48. The number of benzene rings is 1. The number of anilines is 1. The molecule has 0 radical (unpaired) electrons. The molecule has 0 spiro atoms. The van der Waals surface area contributed by atoms with Crippen LogP contribution in [0.1, 0.15) is 12.8 Å². The number of urea groups is 1. The number of nitrogens with zero attached hydrogens (tertiary/aromatic N) is 1. The van der Waals surface area contributed by atoms with Gasteiger partial charge in [0.05, 0.1) is 14.2 Å². The Labute approximate surface area is 123 Å². The summed E-state index contributed by atoms with van der Waals surface area (Å²) in [5.74, 6) is 1.54. The highest BCUT2D eigenvalue weighted by molar-refractivity contribution is 6.03. The fourth-order valence-electron chi connectivity index (χ4n) is 2.00. The highest BCUT2D eigenvalue weighted by Crippen LogP contribution is 2.33. The van der Waals surface area contributed by atoms with Crippen molar-refractivity contribution in [2.24, 2.45) is 4.99 Å². The third-order valence-electron chi connectivity index (χ3n) is 3.05. The molecular weight excluding hydrogens is 272 g/mol. The summed E-state index contributed by atoms with van der Waals surface area (Å²) in [4.78, 5) is 16.3. The van der Waals surface area contributed by atoms with Crippen LogP contribution >= 0.6 is 0 Å². The smallest absolute Gasteiger partial charge is 0.326 e. The summed E-state index contributed by atoms with van der Waals surface area (Å²) in [6.07, 6.45) is 2.05. The van der Waals surface area contributed by atoms with Crippen molar-refractivity contribution < 1.29 is 14.3 Å². The van der Waals surface area contributed by atoms with Crippen LogP contribution < -0.4 is 25.4 Å². The Kier molecular flexibility index (Phi) is 5.25. The minimum absolute atomic E-state index is 0.397. The molecule has 21 heavy (non-hydrogen) atoms. The van der Waals surface area contributed by atoms with Crippen LogP contribution in [0.5, 0.6) is 11.5 Å². The first kappa shape index (κ1) is 15.0. The van der Waals surface area contributed by atoms with Crippen LogP contribution in [0.3, 0.4) is 0 Å². The molecule has 1 heterocycles. The Morgan fingerprint density at radius 2 is 1.90 bits per heavy atom. The molecule has 0 bridgehead atoms. The van der Waals surface area contributed by atoms with E-state index in [-0.39, 0.29) is 0 Å².